The third-order valence-electron chi connectivity index (χ3n) is 3.93. The molecule has 27 heavy (non-hydrogen) atoms. The van der Waals surface area contributed by atoms with Gasteiger partial charge < -0.3 is 5.32 Å². The maximum absolute atomic E-state index is 12.8. The van der Waals surface area contributed by atoms with Gasteiger partial charge in [-0.15, -0.1) is 0 Å². The number of amides is 1. The number of halogens is 1. The minimum absolute atomic E-state index is 0.130. The monoisotopic (exact) mass is 408 g/mol. The second-order valence-corrected chi connectivity index (χ2v) is 8.38. The maximum atomic E-state index is 12.8. The van der Waals surface area contributed by atoms with E-state index in [1.54, 1.807) is 49.4 Å². The number of hydrogen-bond donors (Lipinski definition) is 1. The van der Waals surface area contributed by atoms with E-state index in [-0.39, 0.29) is 12.2 Å². The van der Waals surface area contributed by atoms with Crippen molar-refractivity contribution >= 4 is 44.7 Å². The Morgan fingerprint density at radius 1 is 1.15 bits per heavy atom. The van der Waals surface area contributed by atoms with Gasteiger partial charge in [0, 0.05) is 16.3 Å². The van der Waals surface area contributed by atoms with Gasteiger partial charge in [-0.25, -0.2) is 8.42 Å². The van der Waals surface area contributed by atoms with Crippen molar-refractivity contribution in [3.05, 3.63) is 59.1 Å². The fourth-order valence-corrected chi connectivity index (χ4v) is 4.10. The quantitative estimate of drug-likeness (QED) is 0.707. The van der Waals surface area contributed by atoms with Crippen LogP contribution in [-0.4, -0.2) is 32.4 Å². The van der Waals surface area contributed by atoms with Gasteiger partial charge in [0.05, 0.1) is 11.9 Å². The lowest BCUT2D eigenvalue weighted by atomic mass is 10.1. The molecule has 0 aliphatic carbocycles. The van der Waals surface area contributed by atoms with E-state index < -0.39 is 22.0 Å². The van der Waals surface area contributed by atoms with Crippen LogP contribution in [0.2, 0.25) is 5.02 Å². The van der Waals surface area contributed by atoms with E-state index in [9.17, 15) is 18.0 Å². The Hall–Kier alpha value is -2.38. The molecule has 6 nitrogen and oxygen atoms in total. The van der Waals surface area contributed by atoms with Crippen LogP contribution < -0.4 is 9.62 Å². The molecule has 2 aromatic rings. The standard InChI is InChI=1S/C19H21ClN2O4S/c1-4-18(19(24)21-16-9-5-7-14(11-16)13(2)23)22(27(3,25)26)17-10-6-8-15(20)12-17/h5-12,18H,4H2,1-3H3,(H,21,24). The van der Waals surface area contributed by atoms with Crippen LogP contribution in [0, 0.1) is 0 Å². The molecule has 0 saturated heterocycles. The third-order valence-corrected chi connectivity index (χ3v) is 5.34. The molecule has 2 aromatic carbocycles. The van der Waals surface area contributed by atoms with E-state index in [0.29, 0.717) is 22.0 Å². The molecule has 1 amide bonds. The van der Waals surface area contributed by atoms with Crippen molar-refractivity contribution < 1.29 is 18.0 Å². The summed E-state index contributed by atoms with van der Waals surface area (Å²) in [6.45, 7) is 3.15. The lowest BCUT2D eigenvalue weighted by Crippen LogP contribution is -2.47. The van der Waals surface area contributed by atoms with Crippen molar-refractivity contribution in [3.63, 3.8) is 0 Å². The first-order valence-electron chi connectivity index (χ1n) is 8.30. The fourth-order valence-electron chi connectivity index (χ4n) is 2.71. The van der Waals surface area contributed by atoms with Crippen LogP contribution in [0.5, 0.6) is 0 Å². The summed E-state index contributed by atoms with van der Waals surface area (Å²) in [7, 11) is -3.75. The molecule has 0 spiro atoms. The van der Waals surface area contributed by atoms with Gasteiger partial charge in [0.1, 0.15) is 6.04 Å². The van der Waals surface area contributed by atoms with E-state index in [0.717, 1.165) is 10.6 Å². The van der Waals surface area contributed by atoms with Gasteiger partial charge in [-0.3, -0.25) is 13.9 Å². The maximum Gasteiger partial charge on any atom is 0.248 e. The van der Waals surface area contributed by atoms with Crippen LogP contribution in [0.15, 0.2) is 48.5 Å². The molecule has 0 fully saturated rings. The van der Waals surface area contributed by atoms with Crippen LogP contribution in [0.25, 0.3) is 0 Å². The molecule has 144 valence electrons. The predicted octanol–water partition coefficient (Wildman–Crippen LogP) is 3.73. The highest BCUT2D eigenvalue weighted by Crippen LogP contribution is 2.26. The number of ketones is 1. The summed E-state index contributed by atoms with van der Waals surface area (Å²) in [5.41, 5.74) is 1.19. The van der Waals surface area contributed by atoms with Gasteiger partial charge in [0.15, 0.2) is 5.78 Å². The summed E-state index contributed by atoms with van der Waals surface area (Å²) < 4.78 is 25.9. The number of carbonyl (C=O) groups is 2. The Bertz CT molecular complexity index is 960. The number of anilines is 2. The van der Waals surface area contributed by atoms with Crippen molar-refractivity contribution in [2.45, 2.75) is 26.3 Å². The Labute approximate surface area is 164 Å². The Morgan fingerprint density at radius 3 is 2.37 bits per heavy atom. The SMILES string of the molecule is CCC(C(=O)Nc1cccc(C(C)=O)c1)N(c1cccc(Cl)c1)S(C)(=O)=O. The molecule has 1 N–H and O–H groups in total. The molecule has 0 aromatic heterocycles. The van der Waals surface area contributed by atoms with Crippen LogP contribution in [0.3, 0.4) is 0 Å². The Morgan fingerprint density at radius 2 is 1.81 bits per heavy atom. The number of hydrogen-bond acceptors (Lipinski definition) is 4. The molecule has 0 saturated carbocycles. The lowest BCUT2D eigenvalue weighted by molar-refractivity contribution is -0.117. The summed E-state index contributed by atoms with van der Waals surface area (Å²) in [4.78, 5) is 24.4. The molecular formula is C19H21ClN2O4S. The lowest BCUT2D eigenvalue weighted by Gasteiger charge is -2.30. The van der Waals surface area contributed by atoms with E-state index in [1.807, 2.05) is 0 Å². The zero-order valence-electron chi connectivity index (χ0n) is 15.3. The van der Waals surface area contributed by atoms with E-state index in [2.05, 4.69) is 5.32 Å². The van der Waals surface area contributed by atoms with E-state index in [4.69, 9.17) is 11.6 Å². The van der Waals surface area contributed by atoms with E-state index in [1.165, 1.54) is 13.0 Å². The molecule has 1 unspecified atom stereocenters. The number of rotatable bonds is 7. The van der Waals surface area contributed by atoms with Crippen molar-refractivity contribution in [3.8, 4) is 0 Å². The number of benzene rings is 2. The van der Waals surface area contributed by atoms with Gasteiger partial charge in [0.2, 0.25) is 15.9 Å². The second-order valence-electron chi connectivity index (χ2n) is 6.09. The van der Waals surface area contributed by atoms with Crippen molar-refractivity contribution in [1.29, 1.82) is 0 Å². The summed E-state index contributed by atoms with van der Waals surface area (Å²) >= 11 is 5.99. The summed E-state index contributed by atoms with van der Waals surface area (Å²) in [6.07, 6.45) is 1.29. The molecule has 8 heteroatoms. The normalized spacial score (nSPS) is 12.3. The summed E-state index contributed by atoms with van der Waals surface area (Å²) in [5, 5.41) is 3.06. The number of Topliss-reactive ketones (excluding diaryl/α,β-unsaturated/α-hetero) is 1. The average Bonchev–Trinajstić information content (AvgIpc) is 2.58. The number of nitrogens with one attached hydrogen (secondary N) is 1. The molecule has 0 heterocycles. The first kappa shape index (κ1) is 20.9. The number of sulfonamides is 1. The fraction of sp³-hybridized carbons (Fsp3) is 0.263. The van der Waals surface area contributed by atoms with Crippen LogP contribution in [0.4, 0.5) is 11.4 Å². The molecule has 2 rings (SSSR count). The Balaban J connectivity index is 2.38. The molecule has 0 bridgehead atoms. The summed E-state index contributed by atoms with van der Waals surface area (Å²) in [6, 6.07) is 11.8. The van der Waals surface area contributed by atoms with Crippen molar-refractivity contribution in [1.82, 2.24) is 0 Å². The highest BCUT2D eigenvalue weighted by atomic mass is 35.5. The first-order chi connectivity index (χ1) is 12.6. The third kappa shape index (κ3) is 5.30. The molecule has 0 aliphatic heterocycles. The van der Waals surface area contributed by atoms with Crippen molar-refractivity contribution in [2.75, 3.05) is 15.9 Å². The first-order valence-corrected chi connectivity index (χ1v) is 10.5. The molecule has 0 aliphatic rings. The zero-order chi connectivity index (χ0) is 20.2. The second kappa shape index (κ2) is 8.54. The van der Waals surface area contributed by atoms with E-state index >= 15 is 0 Å². The van der Waals surface area contributed by atoms with Gasteiger partial charge in [0.25, 0.3) is 0 Å². The van der Waals surface area contributed by atoms with Crippen LogP contribution in [-0.2, 0) is 14.8 Å². The molecule has 1 atom stereocenters. The van der Waals surface area contributed by atoms with Crippen LogP contribution in [0.1, 0.15) is 30.6 Å². The van der Waals surface area contributed by atoms with Gasteiger partial charge in [-0.1, -0.05) is 36.7 Å². The number of nitrogens with zero attached hydrogens (tertiary/aromatic N) is 1. The van der Waals surface area contributed by atoms with Crippen LogP contribution >= 0.6 is 11.6 Å². The molecular weight excluding hydrogens is 388 g/mol. The highest BCUT2D eigenvalue weighted by molar-refractivity contribution is 7.92. The van der Waals surface area contributed by atoms with Crippen molar-refractivity contribution in [2.24, 2.45) is 0 Å². The number of carbonyl (C=O) groups excluding carboxylic acids is 2. The predicted molar refractivity (Wildman–Crippen MR) is 108 cm³/mol. The zero-order valence-corrected chi connectivity index (χ0v) is 16.8. The minimum Gasteiger partial charge on any atom is -0.324 e. The Kier molecular flexibility index (Phi) is 6.62. The topological polar surface area (TPSA) is 83.6 Å². The minimum atomic E-state index is -3.75. The van der Waals surface area contributed by atoms with Gasteiger partial charge >= 0.3 is 0 Å². The summed E-state index contributed by atoms with van der Waals surface area (Å²) in [5.74, 6) is -0.626. The largest absolute Gasteiger partial charge is 0.324 e. The highest BCUT2D eigenvalue weighted by Gasteiger charge is 2.31. The average molecular weight is 409 g/mol. The van der Waals surface area contributed by atoms with Gasteiger partial charge in [-0.2, -0.15) is 0 Å². The smallest absolute Gasteiger partial charge is 0.248 e. The van der Waals surface area contributed by atoms with Gasteiger partial charge in [-0.05, 0) is 43.7 Å². The molecule has 0 radical (unpaired) electrons.